The molecule has 2 amide bonds. The highest BCUT2D eigenvalue weighted by Crippen LogP contribution is 2.27. The molecule has 0 saturated carbocycles. The van der Waals surface area contributed by atoms with E-state index in [1.165, 1.54) is 23.1 Å². The number of carboxylic acid groups (broad SMARTS) is 1. The first-order valence-corrected chi connectivity index (χ1v) is 8.18. The summed E-state index contributed by atoms with van der Waals surface area (Å²) in [6, 6.07) is 3.19. The summed E-state index contributed by atoms with van der Waals surface area (Å²) in [6.45, 7) is 5.27. The summed E-state index contributed by atoms with van der Waals surface area (Å²) in [5.74, 6) is -2.73. The number of ether oxygens (including phenoxy) is 1. The largest absolute Gasteiger partial charge is 0.478 e. The molecular weight excluding hydrogens is 340 g/mol. The highest BCUT2D eigenvalue weighted by molar-refractivity contribution is 6.02. The average molecular weight is 362 g/mol. The molecule has 1 aliphatic heterocycles. The van der Waals surface area contributed by atoms with Gasteiger partial charge in [-0.05, 0) is 51.0 Å². The van der Waals surface area contributed by atoms with Crippen LogP contribution < -0.4 is 5.73 Å². The summed E-state index contributed by atoms with van der Waals surface area (Å²) in [6.07, 6.45) is -0.0266. The minimum Gasteiger partial charge on any atom is -0.478 e. The minimum absolute atomic E-state index is 0.0375. The van der Waals surface area contributed by atoms with Crippen LogP contribution >= 0.6 is 0 Å². The van der Waals surface area contributed by atoms with Gasteiger partial charge < -0.3 is 20.5 Å². The molecule has 1 atom stereocenters. The van der Waals surface area contributed by atoms with Crippen molar-refractivity contribution >= 4 is 23.8 Å². The standard InChI is InChI=1S/C18H22N2O6/c1-18(2,3)26-14(21)7-6-13(15(19)22)20-9-11-8-10(17(24)25)4-5-12(11)16(20)23/h4-5,8,13H,6-7,9H2,1-3H3,(H2,19,22)(H,24,25)/t13-/m0/s1. The Morgan fingerprint density at radius 1 is 1.31 bits per heavy atom. The molecule has 140 valence electrons. The van der Waals surface area contributed by atoms with Gasteiger partial charge in [-0.3, -0.25) is 14.4 Å². The van der Waals surface area contributed by atoms with Crippen molar-refractivity contribution in [2.24, 2.45) is 5.73 Å². The molecule has 0 radical (unpaired) electrons. The van der Waals surface area contributed by atoms with Gasteiger partial charge >= 0.3 is 11.9 Å². The van der Waals surface area contributed by atoms with E-state index in [2.05, 4.69) is 0 Å². The van der Waals surface area contributed by atoms with E-state index < -0.39 is 35.4 Å². The van der Waals surface area contributed by atoms with Crippen LogP contribution in [0.2, 0.25) is 0 Å². The van der Waals surface area contributed by atoms with Crippen LogP contribution in [-0.2, 0) is 20.9 Å². The fraction of sp³-hybridized carbons (Fsp3) is 0.444. The molecule has 2 rings (SSSR count). The molecule has 1 aromatic rings. The zero-order valence-corrected chi connectivity index (χ0v) is 14.9. The third-order valence-electron chi connectivity index (χ3n) is 3.93. The molecule has 0 saturated heterocycles. The van der Waals surface area contributed by atoms with E-state index in [0.717, 1.165) is 0 Å². The van der Waals surface area contributed by atoms with Gasteiger partial charge in [0.25, 0.3) is 5.91 Å². The smallest absolute Gasteiger partial charge is 0.335 e. The number of nitrogens with two attached hydrogens (primary N) is 1. The van der Waals surface area contributed by atoms with Crippen molar-refractivity contribution in [1.29, 1.82) is 0 Å². The SMILES string of the molecule is CC(C)(C)OC(=O)CC[C@@H](C(N)=O)N1Cc2cc(C(=O)O)ccc2C1=O. The lowest BCUT2D eigenvalue weighted by atomic mass is 10.1. The zero-order valence-electron chi connectivity index (χ0n) is 14.9. The van der Waals surface area contributed by atoms with Crippen molar-refractivity contribution < 1.29 is 29.0 Å². The number of carbonyl (C=O) groups is 4. The van der Waals surface area contributed by atoms with E-state index >= 15 is 0 Å². The fourth-order valence-electron chi connectivity index (χ4n) is 2.83. The first-order chi connectivity index (χ1) is 12.0. The van der Waals surface area contributed by atoms with E-state index in [1.807, 2.05) is 0 Å². The van der Waals surface area contributed by atoms with Gasteiger partial charge in [-0.1, -0.05) is 0 Å². The van der Waals surface area contributed by atoms with Crippen LogP contribution in [0.4, 0.5) is 0 Å². The molecule has 0 spiro atoms. The Morgan fingerprint density at radius 3 is 2.50 bits per heavy atom. The minimum atomic E-state index is -1.10. The summed E-state index contributed by atoms with van der Waals surface area (Å²) in [5, 5.41) is 9.06. The number of hydrogen-bond donors (Lipinski definition) is 2. The molecule has 3 N–H and O–H groups in total. The van der Waals surface area contributed by atoms with Gasteiger partial charge in [-0.2, -0.15) is 0 Å². The summed E-state index contributed by atoms with van der Waals surface area (Å²) in [7, 11) is 0. The van der Waals surface area contributed by atoms with Crippen molar-refractivity contribution in [1.82, 2.24) is 4.90 Å². The first kappa shape index (κ1) is 19.4. The third kappa shape index (κ3) is 4.38. The van der Waals surface area contributed by atoms with E-state index in [1.54, 1.807) is 20.8 Å². The van der Waals surface area contributed by atoms with E-state index in [4.69, 9.17) is 15.6 Å². The van der Waals surface area contributed by atoms with Crippen molar-refractivity contribution in [2.45, 2.75) is 51.8 Å². The Bertz CT molecular complexity index is 765. The van der Waals surface area contributed by atoms with Crippen molar-refractivity contribution in [3.8, 4) is 0 Å². The Morgan fingerprint density at radius 2 is 1.96 bits per heavy atom. The highest BCUT2D eigenvalue weighted by Gasteiger charge is 2.36. The molecular formula is C18H22N2O6. The molecule has 0 bridgehead atoms. The van der Waals surface area contributed by atoms with Gasteiger partial charge in [0, 0.05) is 18.5 Å². The Hall–Kier alpha value is -2.90. The lowest BCUT2D eigenvalue weighted by molar-refractivity contribution is -0.155. The number of benzene rings is 1. The summed E-state index contributed by atoms with van der Waals surface area (Å²) < 4.78 is 5.20. The number of hydrogen-bond acceptors (Lipinski definition) is 5. The van der Waals surface area contributed by atoms with Crippen LogP contribution in [0.1, 0.15) is 59.9 Å². The monoisotopic (exact) mass is 362 g/mol. The molecule has 0 aliphatic carbocycles. The van der Waals surface area contributed by atoms with Crippen LogP contribution in [0.25, 0.3) is 0 Å². The quantitative estimate of drug-likeness (QED) is 0.735. The number of nitrogens with zero attached hydrogens (tertiary/aromatic N) is 1. The first-order valence-electron chi connectivity index (χ1n) is 8.18. The third-order valence-corrected chi connectivity index (χ3v) is 3.93. The van der Waals surface area contributed by atoms with Crippen molar-refractivity contribution in [3.05, 3.63) is 34.9 Å². The number of rotatable bonds is 6. The van der Waals surface area contributed by atoms with Gasteiger partial charge in [0.1, 0.15) is 11.6 Å². The normalized spacial score (nSPS) is 14.7. The lowest BCUT2D eigenvalue weighted by Gasteiger charge is -2.25. The van der Waals surface area contributed by atoms with Crippen LogP contribution in [0.15, 0.2) is 18.2 Å². The van der Waals surface area contributed by atoms with Gasteiger partial charge in [0.15, 0.2) is 0 Å². The predicted octanol–water partition coefficient (Wildman–Crippen LogP) is 1.32. The lowest BCUT2D eigenvalue weighted by Crippen LogP contribution is -2.45. The van der Waals surface area contributed by atoms with Crippen molar-refractivity contribution in [2.75, 3.05) is 0 Å². The molecule has 1 heterocycles. The molecule has 1 aliphatic rings. The van der Waals surface area contributed by atoms with Gasteiger partial charge in [0.05, 0.1) is 5.56 Å². The van der Waals surface area contributed by atoms with Crippen molar-refractivity contribution in [3.63, 3.8) is 0 Å². The van der Waals surface area contributed by atoms with E-state index in [0.29, 0.717) is 11.1 Å². The topological polar surface area (TPSA) is 127 Å². The Balaban J connectivity index is 2.13. The van der Waals surface area contributed by atoms with E-state index in [9.17, 15) is 19.2 Å². The number of aromatic carboxylic acids is 1. The maximum absolute atomic E-state index is 12.6. The second-order valence-corrected chi connectivity index (χ2v) is 7.15. The number of carbonyl (C=O) groups excluding carboxylic acids is 3. The molecule has 0 aromatic heterocycles. The van der Waals surface area contributed by atoms with Gasteiger partial charge in [-0.15, -0.1) is 0 Å². The summed E-state index contributed by atoms with van der Waals surface area (Å²) in [5.41, 5.74) is 5.68. The maximum Gasteiger partial charge on any atom is 0.335 e. The number of fused-ring (bicyclic) bond motifs is 1. The molecule has 26 heavy (non-hydrogen) atoms. The summed E-state index contributed by atoms with van der Waals surface area (Å²) >= 11 is 0. The molecule has 8 nitrogen and oxygen atoms in total. The molecule has 8 heteroatoms. The van der Waals surface area contributed by atoms with Crippen LogP contribution in [0, 0.1) is 0 Å². The highest BCUT2D eigenvalue weighted by atomic mass is 16.6. The van der Waals surface area contributed by atoms with Gasteiger partial charge in [0.2, 0.25) is 5.91 Å². The second-order valence-electron chi connectivity index (χ2n) is 7.15. The molecule has 0 unspecified atom stereocenters. The summed E-state index contributed by atoms with van der Waals surface area (Å²) in [4.78, 5) is 48.6. The average Bonchev–Trinajstić information content (AvgIpc) is 2.82. The van der Waals surface area contributed by atoms with Gasteiger partial charge in [-0.25, -0.2) is 4.79 Å². The maximum atomic E-state index is 12.6. The second kappa shape index (κ2) is 7.15. The number of primary amides is 1. The zero-order chi connectivity index (χ0) is 19.6. The number of esters is 1. The number of amides is 2. The Kier molecular flexibility index (Phi) is 5.34. The fourth-order valence-corrected chi connectivity index (χ4v) is 2.83. The van der Waals surface area contributed by atoms with Crippen LogP contribution in [0.5, 0.6) is 0 Å². The molecule has 0 fully saturated rings. The number of carboxylic acids is 1. The Labute approximate surface area is 150 Å². The van der Waals surface area contributed by atoms with E-state index in [-0.39, 0.29) is 24.9 Å². The molecule has 1 aromatic carbocycles. The van der Waals surface area contributed by atoms with Crippen LogP contribution in [-0.4, -0.2) is 45.4 Å². The predicted molar refractivity (Wildman–Crippen MR) is 91.3 cm³/mol. The van der Waals surface area contributed by atoms with Crippen LogP contribution in [0.3, 0.4) is 0 Å².